The number of aliphatic carboxylic acids is 1. The quantitative estimate of drug-likeness (QED) is 0.330. The number of amides is 1. The molecule has 5 nitrogen and oxygen atoms in total. The van der Waals surface area contributed by atoms with Crippen LogP contribution in [0.5, 0.6) is 5.75 Å². The highest BCUT2D eigenvalue weighted by Gasteiger charge is 2.36. The summed E-state index contributed by atoms with van der Waals surface area (Å²) in [6.45, 7) is 3.92. The fourth-order valence-electron chi connectivity index (χ4n) is 4.79. The molecule has 194 valence electrons. The minimum Gasteiger partial charge on any atom is -0.487 e. The van der Waals surface area contributed by atoms with Crippen molar-refractivity contribution in [3.05, 3.63) is 99.3 Å². The van der Waals surface area contributed by atoms with Crippen LogP contribution in [0.3, 0.4) is 0 Å². The van der Waals surface area contributed by atoms with Crippen LogP contribution in [0.1, 0.15) is 59.3 Å². The summed E-state index contributed by atoms with van der Waals surface area (Å²) in [6.07, 6.45) is 4.30. The van der Waals surface area contributed by atoms with Gasteiger partial charge in [0.1, 0.15) is 23.7 Å². The number of ether oxygens (including phenoxy) is 1. The molecule has 0 bridgehead atoms. The average Bonchev–Trinajstić information content (AvgIpc) is 3.19. The smallest absolute Gasteiger partial charge is 0.323 e. The Morgan fingerprint density at radius 3 is 2.43 bits per heavy atom. The monoisotopic (exact) mass is 523 g/mol. The zero-order valence-electron chi connectivity index (χ0n) is 21.1. The van der Waals surface area contributed by atoms with Crippen LogP contribution in [-0.2, 0) is 30.6 Å². The summed E-state index contributed by atoms with van der Waals surface area (Å²) < 4.78 is 19.8. The Labute approximate surface area is 221 Å². The molecule has 3 aromatic carbocycles. The second-order valence-electron chi connectivity index (χ2n) is 9.95. The summed E-state index contributed by atoms with van der Waals surface area (Å²) in [5.41, 5.74) is 3.67. The van der Waals surface area contributed by atoms with Crippen molar-refractivity contribution in [1.29, 1.82) is 0 Å². The van der Waals surface area contributed by atoms with Crippen LogP contribution in [0.15, 0.2) is 60.7 Å². The summed E-state index contributed by atoms with van der Waals surface area (Å²) in [5.74, 6) is -1.20. The van der Waals surface area contributed by atoms with Gasteiger partial charge < -0.3 is 14.7 Å². The fraction of sp³-hybridized carbons (Fsp3) is 0.333. The van der Waals surface area contributed by atoms with Crippen molar-refractivity contribution in [2.45, 2.75) is 58.1 Å². The molecule has 0 aliphatic carbocycles. The van der Waals surface area contributed by atoms with E-state index in [0.29, 0.717) is 24.2 Å². The van der Waals surface area contributed by atoms with E-state index in [-0.39, 0.29) is 17.5 Å². The summed E-state index contributed by atoms with van der Waals surface area (Å²) >= 11 is 5.94. The van der Waals surface area contributed by atoms with E-state index >= 15 is 0 Å². The first-order chi connectivity index (χ1) is 17.7. The molecule has 0 saturated carbocycles. The molecule has 0 spiro atoms. The number of benzene rings is 3. The molecule has 4 rings (SSSR count). The highest BCUT2D eigenvalue weighted by Crippen LogP contribution is 2.38. The Bertz CT molecular complexity index is 1290. The van der Waals surface area contributed by atoms with Crippen LogP contribution in [0, 0.1) is 5.82 Å². The van der Waals surface area contributed by atoms with Gasteiger partial charge in [0.15, 0.2) is 0 Å². The van der Waals surface area contributed by atoms with Crippen LogP contribution in [0.25, 0.3) is 0 Å². The number of carbonyl (C=O) groups excluding carboxylic acids is 1. The van der Waals surface area contributed by atoms with E-state index in [2.05, 4.69) is 6.92 Å². The van der Waals surface area contributed by atoms with Gasteiger partial charge in [-0.2, -0.15) is 0 Å². The lowest BCUT2D eigenvalue weighted by molar-refractivity contribution is -0.137. The van der Waals surface area contributed by atoms with E-state index in [4.69, 9.17) is 16.3 Å². The van der Waals surface area contributed by atoms with Crippen molar-refractivity contribution >= 4 is 23.5 Å². The molecule has 1 heterocycles. The minimum absolute atomic E-state index is 0.0682. The van der Waals surface area contributed by atoms with Crippen LogP contribution < -0.4 is 4.74 Å². The lowest BCUT2D eigenvalue weighted by Crippen LogP contribution is -2.35. The fourth-order valence-corrected chi connectivity index (χ4v) is 5.00. The van der Waals surface area contributed by atoms with Gasteiger partial charge in [-0.1, -0.05) is 55.3 Å². The Kier molecular flexibility index (Phi) is 8.18. The number of carbonyl (C=O) groups is 2. The predicted molar refractivity (Wildman–Crippen MR) is 142 cm³/mol. The van der Waals surface area contributed by atoms with Gasteiger partial charge in [-0.05, 0) is 72.4 Å². The van der Waals surface area contributed by atoms with E-state index in [9.17, 15) is 19.1 Å². The van der Waals surface area contributed by atoms with Gasteiger partial charge in [0.2, 0.25) is 0 Å². The standard InChI is InChI=1S/C30H31ClFNO4/c1-3-4-5-20-6-8-21(9-7-20)18-33(19-28(34)35)29(36)23-11-13-27-24(15-23)17-30(2,37-27)16-22-10-12-26(32)25(31)14-22/h6-15H,3-5,16-19H2,1-2H3,(H,34,35)/t30-/m0/s1. The molecule has 3 aromatic rings. The van der Waals surface area contributed by atoms with Crippen molar-refractivity contribution in [1.82, 2.24) is 4.90 Å². The van der Waals surface area contributed by atoms with Crippen molar-refractivity contribution < 1.29 is 23.8 Å². The van der Waals surface area contributed by atoms with Gasteiger partial charge in [-0.3, -0.25) is 9.59 Å². The molecule has 1 aliphatic heterocycles. The van der Waals surface area contributed by atoms with Crippen molar-refractivity contribution in [3.8, 4) is 5.75 Å². The molecule has 0 fully saturated rings. The first-order valence-corrected chi connectivity index (χ1v) is 12.9. The summed E-state index contributed by atoms with van der Waals surface area (Å²) in [5, 5.41) is 9.52. The summed E-state index contributed by atoms with van der Waals surface area (Å²) in [7, 11) is 0. The van der Waals surface area contributed by atoms with Crippen molar-refractivity contribution in [2.75, 3.05) is 6.54 Å². The van der Waals surface area contributed by atoms with Gasteiger partial charge >= 0.3 is 5.97 Å². The number of carboxylic acid groups (broad SMARTS) is 1. The number of hydrogen-bond donors (Lipinski definition) is 1. The van der Waals surface area contributed by atoms with E-state index in [0.717, 1.165) is 36.0 Å². The number of rotatable bonds is 10. The van der Waals surface area contributed by atoms with E-state index < -0.39 is 23.9 Å². The largest absolute Gasteiger partial charge is 0.487 e. The number of fused-ring (bicyclic) bond motifs is 1. The molecular formula is C30H31ClFNO4. The second kappa shape index (κ2) is 11.3. The molecule has 1 aliphatic rings. The van der Waals surface area contributed by atoms with Crippen LogP contribution >= 0.6 is 11.6 Å². The number of hydrogen-bond acceptors (Lipinski definition) is 3. The van der Waals surface area contributed by atoms with Crippen molar-refractivity contribution in [3.63, 3.8) is 0 Å². The van der Waals surface area contributed by atoms with Crippen LogP contribution in [-0.4, -0.2) is 34.0 Å². The topological polar surface area (TPSA) is 66.8 Å². The second-order valence-corrected chi connectivity index (χ2v) is 10.4. The average molecular weight is 524 g/mol. The third kappa shape index (κ3) is 6.69. The minimum atomic E-state index is -1.07. The number of aryl methyl sites for hydroxylation is 1. The maximum Gasteiger partial charge on any atom is 0.323 e. The Morgan fingerprint density at radius 1 is 1.05 bits per heavy atom. The SMILES string of the molecule is CCCCc1ccc(CN(CC(=O)O)C(=O)c2ccc3c(c2)C[C@](C)(Cc2ccc(F)c(Cl)c2)O3)cc1. The molecule has 0 saturated heterocycles. The molecular weight excluding hydrogens is 493 g/mol. The Morgan fingerprint density at radius 2 is 1.76 bits per heavy atom. The third-order valence-electron chi connectivity index (χ3n) is 6.62. The normalized spacial score (nSPS) is 16.2. The summed E-state index contributed by atoms with van der Waals surface area (Å²) in [4.78, 5) is 26.3. The molecule has 1 atom stereocenters. The number of halogens is 2. The molecule has 1 N–H and O–H groups in total. The van der Waals surface area contributed by atoms with Gasteiger partial charge in [-0.25, -0.2) is 4.39 Å². The lowest BCUT2D eigenvalue weighted by atomic mass is 9.91. The first kappa shape index (κ1) is 26.7. The summed E-state index contributed by atoms with van der Waals surface area (Å²) in [6, 6.07) is 17.8. The number of nitrogens with zero attached hydrogens (tertiary/aromatic N) is 1. The Balaban J connectivity index is 1.49. The highest BCUT2D eigenvalue weighted by atomic mass is 35.5. The zero-order chi connectivity index (χ0) is 26.6. The van der Waals surface area contributed by atoms with E-state index in [1.807, 2.05) is 31.2 Å². The molecule has 0 unspecified atom stereocenters. The van der Waals surface area contributed by atoms with Crippen LogP contribution in [0.4, 0.5) is 4.39 Å². The maximum absolute atomic E-state index is 13.6. The maximum atomic E-state index is 13.6. The number of carboxylic acids is 1. The van der Waals surface area contributed by atoms with Gasteiger partial charge in [0.05, 0.1) is 5.02 Å². The third-order valence-corrected chi connectivity index (χ3v) is 6.91. The molecule has 0 aromatic heterocycles. The predicted octanol–water partition coefficient (Wildman–Crippen LogP) is 6.49. The first-order valence-electron chi connectivity index (χ1n) is 12.5. The van der Waals surface area contributed by atoms with E-state index in [1.54, 1.807) is 30.3 Å². The van der Waals surface area contributed by atoms with E-state index in [1.165, 1.54) is 16.5 Å². The van der Waals surface area contributed by atoms with Crippen LogP contribution in [0.2, 0.25) is 5.02 Å². The molecule has 7 heteroatoms. The van der Waals surface area contributed by atoms with Gasteiger partial charge in [0, 0.05) is 24.9 Å². The van der Waals surface area contributed by atoms with Crippen molar-refractivity contribution in [2.24, 2.45) is 0 Å². The molecule has 0 radical (unpaired) electrons. The van der Waals surface area contributed by atoms with Gasteiger partial charge in [0.25, 0.3) is 5.91 Å². The lowest BCUT2D eigenvalue weighted by Gasteiger charge is -2.24. The van der Waals surface area contributed by atoms with Gasteiger partial charge in [-0.15, -0.1) is 0 Å². The Hall–Kier alpha value is -3.38. The zero-order valence-corrected chi connectivity index (χ0v) is 21.9. The molecule has 1 amide bonds. The number of unbranched alkanes of at least 4 members (excludes halogenated alkanes) is 1. The highest BCUT2D eigenvalue weighted by molar-refractivity contribution is 6.30. The molecule has 37 heavy (non-hydrogen) atoms.